The lowest BCUT2D eigenvalue weighted by atomic mass is 10.1. The second-order valence-electron chi connectivity index (χ2n) is 6.85. The standard InChI is InChI=1S/C21H34FNO3.ClH/c1-3-4-5-6-7-8-9-17-26-20-14-12-19(13-15-20)11-10-16-23(22)18(2)21(24)25;/h12-15,18H,3-11,16-17H2,1-2H3,(H,24,25);1H. The molecular formula is C21H35ClFNO3. The predicted octanol–water partition coefficient (Wildman–Crippen LogP) is 5.83. The van der Waals surface area contributed by atoms with Crippen molar-refractivity contribution in [2.75, 3.05) is 13.2 Å². The first-order valence-corrected chi connectivity index (χ1v) is 9.91. The number of nitrogens with zero attached hydrogens (tertiary/aromatic N) is 1. The summed E-state index contributed by atoms with van der Waals surface area (Å²) in [6.07, 6.45) is 10.2. The van der Waals surface area contributed by atoms with E-state index >= 15 is 0 Å². The van der Waals surface area contributed by atoms with E-state index in [-0.39, 0.29) is 19.0 Å². The van der Waals surface area contributed by atoms with Gasteiger partial charge in [-0.15, -0.1) is 22.0 Å². The van der Waals surface area contributed by atoms with Gasteiger partial charge in [0.2, 0.25) is 0 Å². The monoisotopic (exact) mass is 403 g/mol. The van der Waals surface area contributed by atoms with E-state index in [1.165, 1.54) is 45.4 Å². The number of hydrogen-bond acceptors (Lipinski definition) is 3. The van der Waals surface area contributed by atoms with Gasteiger partial charge < -0.3 is 9.84 Å². The average molecular weight is 404 g/mol. The Balaban J connectivity index is 0.00000676. The third-order valence-electron chi connectivity index (χ3n) is 4.55. The van der Waals surface area contributed by atoms with E-state index in [2.05, 4.69) is 6.92 Å². The van der Waals surface area contributed by atoms with Gasteiger partial charge in [-0.25, -0.2) is 0 Å². The smallest absolute Gasteiger partial charge is 0.323 e. The van der Waals surface area contributed by atoms with Gasteiger partial charge in [0.25, 0.3) is 0 Å². The molecule has 27 heavy (non-hydrogen) atoms. The Morgan fingerprint density at radius 1 is 1.07 bits per heavy atom. The number of aryl methyl sites for hydroxylation is 1. The summed E-state index contributed by atoms with van der Waals surface area (Å²) < 4.78 is 19.3. The summed E-state index contributed by atoms with van der Waals surface area (Å²) in [5.74, 6) is -0.277. The zero-order valence-corrected chi connectivity index (χ0v) is 17.5. The number of rotatable bonds is 15. The highest BCUT2D eigenvalue weighted by Gasteiger charge is 2.19. The third kappa shape index (κ3) is 11.9. The van der Waals surface area contributed by atoms with Crippen molar-refractivity contribution in [2.24, 2.45) is 0 Å². The van der Waals surface area contributed by atoms with Crippen LogP contribution in [0.2, 0.25) is 0 Å². The molecule has 0 aliphatic heterocycles. The number of carboxylic acid groups (broad SMARTS) is 1. The number of carboxylic acids is 1. The Labute approximate surface area is 169 Å². The fourth-order valence-corrected chi connectivity index (χ4v) is 2.75. The van der Waals surface area contributed by atoms with Crippen LogP contribution in [-0.4, -0.2) is 35.4 Å². The Morgan fingerprint density at radius 3 is 2.26 bits per heavy atom. The zero-order valence-electron chi connectivity index (χ0n) is 16.7. The summed E-state index contributed by atoms with van der Waals surface area (Å²) in [7, 11) is 0. The normalized spacial score (nSPS) is 11.9. The molecule has 0 aromatic heterocycles. The molecule has 0 saturated heterocycles. The first-order chi connectivity index (χ1) is 12.5. The molecule has 156 valence electrons. The number of halogens is 2. The van der Waals surface area contributed by atoms with Gasteiger partial charge in [-0.1, -0.05) is 57.6 Å². The van der Waals surface area contributed by atoms with Crippen LogP contribution in [0.1, 0.15) is 70.8 Å². The van der Waals surface area contributed by atoms with Crippen molar-refractivity contribution in [3.05, 3.63) is 29.8 Å². The molecular weight excluding hydrogens is 369 g/mol. The molecule has 0 radical (unpaired) electrons. The second kappa shape index (κ2) is 15.7. The molecule has 1 aromatic rings. The van der Waals surface area contributed by atoms with E-state index in [1.807, 2.05) is 24.3 Å². The number of hydrogen-bond donors (Lipinski definition) is 1. The molecule has 0 spiro atoms. The highest BCUT2D eigenvalue weighted by molar-refractivity contribution is 5.85. The Kier molecular flexibility index (Phi) is 14.9. The molecule has 1 atom stereocenters. The molecule has 1 rings (SSSR count). The number of carbonyl (C=O) groups is 1. The molecule has 6 heteroatoms. The Hall–Kier alpha value is -1.33. The molecule has 0 bridgehead atoms. The molecule has 0 amide bonds. The number of unbranched alkanes of at least 4 members (excludes halogenated alkanes) is 6. The minimum atomic E-state index is -1.14. The largest absolute Gasteiger partial charge is 0.494 e. The van der Waals surface area contributed by atoms with E-state index in [0.29, 0.717) is 18.0 Å². The first kappa shape index (κ1) is 25.7. The van der Waals surface area contributed by atoms with Gasteiger partial charge in [-0.2, -0.15) is 0 Å². The SMILES string of the molecule is CCCCCCCCCOc1ccc(CCCN(F)C(C)C(=O)O)cc1.Cl. The average Bonchev–Trinajstić information content (AvgIpc) is 2.64. The fourth-order valence-electron chi connectivity index (χ4n) is 2.75. The molecule has 0 aliphatic carbocycles. The van der Waals surface area contributed by atoms with Gasteiger partial charge in [-0.3, -0.25) is 4.79 Å². The summed E-state index contributed by atoms with van der Waals surface area (Å²) >= 11 is 0. The second-order valence-corrected chi connectivity index (χ2v) is 6.85. The summed E-state index contributed by atoms with van der Waals surface area (Å²) in [6.45, 7) is 4.44. The van der Waals surface area contributed by atoms with Crippen LogP contribution in [0.25, 0.3) is 0 Å². The highest BCUT2D eigenvalue weighted by Crippen LogP contribution is 2.15. The summed E-state index contributed by atoms with van der Waals surface area (Å²) in [4.78, 5) is 10.7. The molecule has 0 fully saturated rings. The van der Waals surface area contributed by atoms with Crippen LogP contribution in [0.15, 0.2) is 24.3 Å². The topological polar surface area (TPSA) is 49.8 Å². The van der Waals surface area contributed by atoms with Crippen LogP contribution in [0.3, 0.4) is 0 Å². The van der Waals surface area contributed by atoms with Crippen molar-refractivity contribution < 1.29 is 19.1 Å². The lowest BCUT2D eigenvalue weighted by molar-refractivity contribution is -0.150. The third-order valence-corrected chi connectivity index (χ3v) is 4.55. The van der Waals surface area contributed by atoms with E-state index in [9.17, 15) is 9.28 Å². The molecule has 0 heterocycles. The van der Waals surface area contributed by atoms with Gasteiger partial charge in [-0.05, 0) is 43.9 Å². The van der Waals surface area contributed by atoms with E-state index in [0.717, 1.165) is 24.3 Å². The van der Waals surface area contributed by atoms with E-state index in [1.54, 1.807) is 0 Å². The Morgan fingerprint density at radius 2 is 1.67 bits per heavy atom. The maximum Gasteiger partial charge on any atom is 0.323 e. The van der Waals surface area contributed by atoms with Crippen molar-refractivity contribution >= 4 is 18.4 Å². The van der Waals surface area contributed by atoms with Gasteiger partial charge in [0.15, 0.2) is 0 Å². The predicted molar refractivity (Wildman–Crippen MR) is 110 cm³/mol. The molecule has 1 unspecified atom stereocenters. The quantitative estimate of drug-likeness (QED) is 0.295. The number of benzene rings is 1. The summed E-state index contributed by atoms with van der Waals surface area (Å²) in [6, 6.07) is 6.78. The highest BCUT2D eigenvalue weighted by atomic mass is 35.5. The molecule has 0 aliphatic rings. The van der Waals surface area contributed by atoms with Crippen LogP contribution in [0.5, 0.6) is 5.75 Å². The first-order valence-electron chi connectivity index (χ1n) is 9.91. The van der Waals surface area contributed by atoms with Crippen molar-refractivity contribution in [2.45, 2.75) is 77.7 Å². The lowest BCUT2D eigenvalue weighted by Crippen LogP contribution is -2.33. The van der Waals surface area contributed by atoms with Crippen molar-refractivity contribution in [1.82, 2.24) is 5.12 Å². The number of ether oxygens (including phenoxy) is 1. The lowest BCUT2D eigenvalue weighted by Gasteiger charge is -2.15. The van der Waals surface area contributed by atoms with E-state index < -0.39 is 12.0 Å². The van der Waals surface area contributed by atoms with Crippen LogP contribution >= 0.6 is 12.4 Å². The Bertz CT molecular complexity index is 499. The van der Waals surface area contributed by atoms with Gasteiger partial charge in [0, 0.05) is 6.54 Å². The summed E-state index contributed by atoms with van der Waals surface area (Å²) in [5, 5.41) is 9.13. The number of aliphatic carboxylic acids is 1. The fraction of sp³-hybridized carbons (Fsp3) is 0.667. The van der Waals surface area contributed by atoms with Crippen molar-refractivity contribution in [1.29, 1.82) is 0 Å². The molecule has 4 nitrogen and oxygen atoms in total. The van der Waals surface area contributed by atoms with Gasteiger partial charge in [0.05, 0.1) is 6.61 Å². The summed E-state index contributed by atoms with van der Waals surface area (Å²) in [5.41, 5.74) is 1.10. The minimum absolute atomic E-state index is 0. The molecule has 0 saturated carbocycles. The maximum absolute atomic E-state index is 13.5. The van der Waals surface area contributed by atoms with Crippen LogP contribution < -0.4 is 4.74 Å². The van der Waals surface area contributed by atoms with Crippen molar-refractivity contribution in [3.8, 4) is 5.75 Å². The molecule has 1 aromatic carbocycles. The van der Waals surface area contributed by atoms with Crippen molar-refractivity contribution in [3.63, 3.8) is 0 Å². The van der Waals surface area contributed by atoms with Gasteiger partial charge >= 0.3 is 5.97 Å². The van der Waals surface area contributed by atoms with Crippen LogP contribution in [0, 0.1) is 0 Å². The van der Waals surface area contributed by atoms with Gasteiger partial charge in [0.1, 0.15) is 11.8 Å². The minimum Gasteiger partial charge on any atom is -0.494 e. The van der Waals surface area contributed by atoms with Crippen LogP contribution in [-0.2, 0) is 11.2 Å². The van der Waals surface area contributed by atoms with E-state index in [4.69, 9.17) is 9.84 Å². The van der Waals surface area contributed by atoms with Crippen LogP contribution in [0.4, 0.5) is 4.48 Å². The maximum atomic E-state index is 13.5. The zero-order chi connectivity index (χ0) is 19.2. The molecule has 1 N–H and O–H groups in total.